The van der Waals surface area contributed by atoms with Crippen molar-refractivity contribution in [3.05, 3.63) is 16.3 Å². The summed E-state index contributed by atoms with van der Waals surface area (Å²) in [6.45, 7) is 2.42. The number of carbonyl (C=O) groups excluding carboxylic acids is 1. The molecular formula is C13H18N2O5S3. The number of thiophene rings is 1. The SMILES string of the molecule is CC(CC(=O)O)NC(=O)c1sccc1S(=O)(=O)N1CCSCC1. The van der Waals surface area contributed by atoms with Gasteiger partial charge < -0.3 is 10.4 Å². The van der Waals surface area contributed by atoms with Gasteiger partial charge >= 0.3 is 5.97 Å². The average Bonchev–Trinajstić information content (AvgIpc) is 2.97. The number of carboxylic acid groups (broad SMARTS) is 1. The van der Waals surface area contributed by atoms with Crippen LogP contribution in [0.25, 0.3) is 0 Å². The van der Waals surface area contributed by atoms with Crippen LogP contribution in [-0.2, 0) is 14.8 Å². The summed E-state index contributed by atoms with van der Waals surface area (Å²) in [5.74, 6) is -0.109. The zero-order chi connectivity index (χ0) is 17.0. The van der Waals surface area contributed by atoms with E-state index in [2.05, 4.69) is 5.32 Å². The smallest absolute Gasteiger partial charge is 0.305 e. The van der Waals surface area contributed by atoms with Crippen LogP contribution in [0.4, 0.5) is 0 Å². The van der Waals surface area contributed by atoms with Crippen LogP contribution in [0.5, 0.6) is 0 Å². The molecule has 1 aromatic rings. The Morgan fingerprint density at radius 1 is 1.39 bits per heavy atom. The van der Waals surface area contributed by atoms with Gasteiger partial charge in [-0.15, -0.1) is 11.3 Å². The van der Waals surface area contributed by atoms with Gasteiger partial charge in [0.2, 0.25) is 10.0 Å². The van der Waals surface area contributed by atoms with Crippen LogP contribution in [0, 0.1) is 0 Å². The Balaban J connectivity index is 2.18. The minimum absolute atomic E-state index is 0.00516. The molecule has 7 nitrogen and oxygen atoms in total. The number of carbonyl (C=O) groups is 2. The molecule has 1 fully saturated rings. The first-order valence-corrected chi connectivity index (χ1v) is 10.5. The Hall–Kier alpha value is -1.10. The molecule has 1 amide bonds. The van der Waals surface area contributed by atoms with Crippen molar-refractivity contribution in [3.8, 4) is 0 Å². The third kappa shape index (κ3) is 4.46. The van der Waals surface area contributed by atoms with Gasteiger partial charge in [-0.1, -0.05) is 0 Å². The molecule has 1 saturated heterocycles. The van der Waals surface area contributed by atoms with Crippen LogP contribution in [-0.4, -0.2) is 60.3 Å². The first-order valence-electron chi connectivity index (χ1n) is 7.00. The Bertz CT molecular complexity index is 680. The maximum absolute atomic E-state index is 12.7. The van der Waals surface area contributed by atoms with Crippen molar-refractivity contribution in [3.63, 3.8) is 0 Å². The first kappa shape index (κ1) is 18.2. The lowest BCUT2D eigenvalue weighted by Gasteiger charge is -2.25. The molecule has 1 atom stereocenters. The summed E-state index contributed by atoms with van der Waals surface area (Å²) in [7, 11) is -3.70. The number of sulfonamides is 1. The lowest BCUT2D eigenvalue weighted by atomic mass is 10.2. The molecule has 0 aliphatic carbocycles. The zero-order valence-electron chi connectivity index (χ0n) is 12.5. The van der Waals surface area contributed by atoms with E-state index in [0.717, 1.165) is 22.8 Å². The van der Waals surface area contributed by atoms with Gasteiger partial charge in [-0.05, 0) is 18.4 Å². The number of aliphatic carboxylic acids is 1. The fourth-order valence-corrected chi connectivity index (χ4v) is 6.07. The Kier molecular flexibility index (Phi) is 6.06. The Morgan fingerprint density at radius 3 is 2.65 bits per heavy atom. The van der Waals surface area contributed by atoms with Gasteiger partial charge in [0.1, 0.15) is 9.77 Å². The molecule has 1 aliphatic heterocycles. The number of nitrogens with zero attached hydrogens (tertiary/aromatic N) is 1. The summed E-state index contributed by atoms with van der Waals surface area (Å²) in [5, 5.41) is 12.8. The standard InChI is InChI=1S/C13H18N2O5S3/c1-9(8-11(16)17)14-13(18)12-10(2-5-22-12)23(19,20)15-3-6-21-7-4-15/h2,5,9H,3-4,6-8H2,1H3,(H,14,18)(H,16,17). The van der Waals surface area contributed by atoms with Gasteiger partial charge in [-0.2, -0.15) is 16.1 Å². The molecule has 0 spiro atoms. The maximum atomic E-state index is 12.7. The number of nitrogens with one attached hydrogen (secondary N) is 1. The lowest BCUT2D eigenvalue weighted by Crippen LogP contribution is -2.39. The normalized spacial score (nSPS) is 17.6. The van der Waals surface area contributed by atoms with E-state index in [9.17, 15) is 18.0 Å². The van der Waals surface area contributed by atoms with Gasteiger partial charge in [-0.3, -0.25) is 9.59 Å². The van der Waals surface area contributed by atoms with Gasteiger partial charge in [0.25, 0.3) is 5.91 Å². The first-order chi connectivity index (χ1) is 10.8. The molecule has 1 aliphatic rings. The highest BCUT2D eigenvalue weighted by atomic mass is 32.2. The van der Waals surface area contributed by atoms with Crippen LogP contribution >= 0.6 is 23.1 Å². The van der Waals surface area contributed by atoms with Crippen molar-refractivity contribution < 1.29 is 23.1 Å². The summed E-state index contributed by atoms with van der Waals surface area (Å²) in [5.41, 5.74) is 0. The maximum Gasteiger partial charge on any atom is 0.305 e. The molecule has 23 heavy (non-hydrogen) atoms. The van der Waals surface area contributed by atoms with E-state index in [1.54, 1.807) is 24.1 Å². The molecule has 1 aromatic heterocycles. The molecule has 1 unspecified atom stereocenters. The van der Waals surface area contributed by atoms with Crippen LogP contribution in [0.2, 0.25) is 0 Å². The van der Waals surface area contributed by atoms with Crippen LogP contribution in [0.15, 0.2) is 16.3 Å². The third-order valence-corrected chi connectivity index (χ3v) is 7.21. The number of hydrogen-bond acceptors (Lipinski definition) is 6. The van der Waals surface area contributed by atoms with E-state index in [0.29, 0.717) is 13.1 Å². The average molecular weight is 378 g/mol. The monoisotopic (exact) mass is 378 g/mol. The number of rotatable bonds is 6. The van der Waals surface area contributed by atoms with Crippen molar-refractivity contribution in [2.75, 3.05) is 24.6 Å². The van der Waals surface area contributed by atoms with Crippen molar-refractivity contribution in [1.29, 1.82) is 0 Å². The van der Waals surface area contributed by atoms with Gasteiger partial charge in [0, 0.05) is 30.6 Å². The number of carboxylic acids is 1. The quantitative estimate of drug-likeness (QED) is 0.768. The van der Waals surface area contributed by atoms with Crippen LogP contribution in [0.3, 0.4) is 0 Å². The van der Waals surface area contributed by atoms with E-state index < -0.39 is 27.9 Å². The van der Waals surface area contributed by atoms with Crippen molar-refractivity contribution in [2.45, 2.75) is 24.3 Å². The summed E-state index contributed by atoms with van der Waals surface area (Å²) in [4.78, 5) is 23.0. The molecule has 10 heteroatoms. The van der Waals surface area contributed by atoms with E-state index in [1.807, 2.05) is 0 Å². The zero-order valence-corrected chi connectivity index (χ0v) is 15.0. The van der Waals surface area contributed by atoms with E-state index in [-0.39, 0.29) is 16.2 Å². The minimum atomic E-state index is -3.70. The Labute approximate surface area is 143 Å². The van der Waals surface area contributed by atoms with E-state index in [1.165, 1.54) is 10.4 Å². The van der Waals surface area contributed by atoms with Crippen molar-refractivity contribution in [1.82, 2.24) is 9.62 Å². The molecule has 2 N–H and O–H groups in total. The van der Waals surface area contributed by atoms with E-state index in [4.69, 9.17) is 5.11 Å². The molecule has 0 aromatic carbocycles. The van der Waals surface area contributed by atoms with Gasteiger partial charge in [-0.25, -0.2) is 8.42 Å². The lowest BCUT2D eigenvalue weighted by molar-refractivity contribution is -0.137. The van der Waals surface area contributed by atoms with E-state index >= 15 is 0 Å². The van der Waals surface area contributed by atoms with Crippen molar-refractivity contribution in [2.24, 2.45) is 0 Å². The topological polar surface area (TPSA) is 104 Å². The predicted octanol–water partition coefficient (Wildman–Crippen LogP) is 1.08. The molecule has 0 bridgehead atoms. The Morgan fingerprint density at radius 2 is 2.04 bits per heavy atom. The fraction of sp³-hybridized carbons (Fsp3) is 0.538. The molecule has 0 radical (unpaired) electrons. The molecule has 128 valence electrons. The second-order valence-electron chi connectivity index (χ2n) is 5.10. The number of amides is 1. The predicted molar refractivity (Wildman–Crippen MR) is 89.6 cm³/mol. The highest BCUT2D eigenvalue weighted by Gasteiger charge is 2.31. The summed E-state index contributed by atoms with van der Waals surface area (Å²) >= 11 is 2.74. The van der Waals surface area contributed by atoms with Crippen LogP contribution in [0.1, 0.15) is 23.0 Å². The summed E-state index contributed by atoms with van der Waals surface area (Å²) in [6.07, 6.45) is -0.220. The summed E-state index contributed by atoms with van der Waals surface area (Å²) < 4.78 is 26.8. The highest BCUT2D eigenvalue weighted by Crippen LogP contribution is 2.27. The second-order valence-corrected chi connectivity index (χ2v) is 9.15. The molecular weight excluding hydrogens is 360 g/mol. The van der Waals surface area contributed by atoms with Crippen LogP contribution < -0.4 is 5.32 Å². The largest absolute Gasteiger partial charge is 0.481 e. The molecule has 2 rings (SSSR count). The molecule has 2 heterocycles. The second kappa shape index (κ2) is 7.65. The third-order valence-electron chi connectivity index (χ3n) is 3.28. The fourth-order valence-electron chi connectivity index (χ4n) is 2.19. The van der Waals surface area contributed by atoms with Crippen molar-refractivity contribution >= 4 is 45.0 Å². The molecule has 0 saturated carbocycles. The highest BCUT2D eigenvalue weighted by molar-refractivity contribution is 7.99. The summed E-state index contributed by atoms with van der Waals surface area (Å²) in [6, 6.07) is 0.849. The number of thioether (sulfide) groups is 1. The van der Waals surface area contributed by atoms with Gasteiger partial charge in [0.15, 0.2) is 0 Å². The van der Waals surface area contributed by atoms with Gasteiger partial charge in [0.05, 0.1) is 6.42 Å². The minimum Gasteiger partial charge on any atom is -0.481 e. The number of hydrogen-bond donors (Lipinski definition) is 2.